The normalized spacial score (nSPS) is 22.5. The molecule has 1 atom stereocenters. The standard InChI is InChI=1S/C21H32N6O3/c1-15(28)26-7-5-18-17(13-26)21(22-2)24-20(23-18)16-4-3-6-27(12-16)19(29)14-25-8-10-30-11-9-25/h16H,3-14H2,1-2H3,(H,22,23,24)/t16-/m1/s1. The number of likely N-dealkylation sites (tertiary alicyclic amines) is 1. The summed E-state index contributed by atoms with van der Waals surface area (Å²) in [6, 6.07) is 0. The first-order valence-electron chi connectivity index (χ1n) is 11.0. The monoisotopic (exact) mass is 416 g/mol. The third-order valence-electron chi connectivity index (χ3n) is 6.36. The number of hydrogen-bond acceptors (Lipinski definition) is 7. The van der Waals surface area contributed by atoms with Crippen LogP contribution >= 0.6 is 0 Å². The number of ether oxygens (including phenoxy) is 1. The first kappa shape index (κ1) is 21.0. The van der Waals surface area contributed by atoms with Gasteiger partial charge in [0, 0.05) is 64.6 Å². The number of hydrogen-bond donors (Lipinski definition) is 1. The molecule has 9 heteroatoms. The fourth-order valence-electron chi connectivity index (χ4n) is 4.56. The van der Waals surface area contributed by atoms with Gasteiger partial charge >= 0.3 is 0 Å². The Kier molecular flexibility index (Phi) is 6.48. The van der Waals surface area contributed by atoms with Crippen LogP contribution in [0.5, 0.6) is 0 Å². The summed E-state index contributed by atoms with van der Waals surface area (Å²) in [5.41, 5.74) is 2.04. The van der Waals surface area contributed by atoms with Crippen LogP contribution in [-0.2, 0) is 27.3 Å². The van der Waals surface area contributed by atoms with Gasteiger partial charge in [-0.25, -0.2) is 9.97 Å². The molecule has 164 valence electrons. The Morgan fingerprint density at radius 1 is 1.13 bits per heavy atom. The Labute approximate surface area is 177 Å². The Bertz CT molecular complexity index is 778. The molecule has 2 fully saturated rings. The van der Waals surface area contributed by atoms with Gasteiger partial charge in [0.25, 0.3) is 0 Å². The molecule has 4 heterocycles. The zero-order valence-corrected chi connectivity index (χ0v) is 18.0. The van der Waals surface area contributed by atoms with Gasteiger partial charge in [0.1, 0.15) is 11.6 Å². The highest BCUT2D eigenvalue weighted by Gasteiger charge is 2.30. The number of fused-ring (bicyclic) bond motifs is 1. The van der Waals surface area contributed by atoms with E-state index in [0.29, 0.717) is 39.4 Å². The number of carbonyl (C=O) groups excluding carboxylic acids is 2. The molecule has 9 nitrogen and oxygen atoms in total. The number of aromatic nitrogens is 2. The van der Waals surface area contributed by atoms with E-state index >= 15 is 0 Å². The second kappa shape index (κ2) is 9.26. The van der Waals surface area contributed by atoms with Gasteiger partial charge < -0.3 is 19.9 Å². The summed E-state index contributed by atoms with van der Waals surface area (Å²) >= 11 is 0. The molecule has 2 saturated heterocycles. The van der Waals surface area contributed by atoms with Crippen molar-refractivity contribution in [1.82, 2.24) is 24.7 Å². The SMILES string of the molecule is CNc1nc([C@@H]2CCCN(C(=O)CN3CCOCC3)C2)nc2c1CN(C(C)=O)CC2. The molecule has 4 rings (SSSR count). The lowest BCUT2D eigenvalue weighted by Crippen LogP contribution is -2.47. The van der Waals surface area contributed by atoms with Gasteiger partial charge in [-0.1, -0.05) is 0 Å². The summed E-state index contributed by atoms with van der Waals surface area (Å²) in [6.45, 7) is 7.82. The van der Waals surface area contributed by atoms with E-state index in [1.54, 1.807) is 6.92 Å². The van der Waals surface area contributed by atoms with Gasteiger partial charge in [0.2, 0.25) is 11.8 Å². The third-order valence-corrected chi connectivity index (χ3v) is 6.36. The highest BCUT2D eigenvalue weighted by atomic mass is 16.5. The minimum Gasteiger partial charge on any atom is -0.379 e. The molecule has 3 aliphatic rings. The number of anilines is 1. The molecular weight excluding hydrogens is 384 g/mol. The maximum atomic E-state index is 12.9. The van der Waals surface area contributed by atoms with E-state index in [-0.39, 0.29) is 17.7 Å². The van der Waals surface area contributed by atoms with Crippen LogP contribution in [0.2, 0.25) is 0 Å². The van der Waals surface area contributed by atoms with Crippen molar-refractivity contribution in [3.8, 4) is 0 Å². The molecule has 0 bridgehead atoms. The lowest BCUT2D eigenvalue weighted by atomic mass is 9.96. The highest BCUT2D eigenvalue weighted by Crippen LogP contribution is 2.30. The summed E-state index contributed by atoms with van der Waals surface area (Å²) in [7, 11) is 1.86. The Hall–Kier alpha value is -2.26. The number of nitrogens with zero attached hydrogens (tertiary/aromatic N) is 5. The Morgan fingerprint density at radius 2 is 1.93 bits per heavy atom. The number of carbonyl (C=O) groups is 2. The number of amides is 2. The minimum absolute atomic E-state index is 0.0773. The van der Waals surface area contributed by atoms with E-state index in [4.69, 9.17) is 14.7 Å². The molecule has 0 radical (unpaired) electrons. The van der Waals surface area contributed by atoms with E-state index in [2.05, 4.69) is 10.2 Å². The molecule has 3 aliphatic heterocycles. The number of morpholine rings is 1. The largest absolute Gasteiger partial charge is 0.379 e. The van der Waals surface area contributed by atoms with Crippen molar-refractivity contribution < 1.29 is 14.3 Å². The van der Waals surface area contributed by atoms with Crippen LogP contribution in [0.4, 0.5) is 5.82 Å². The van der Waals surface area contributed by atoms with Crippen LogP contribution < -0.4 is 5.32 Å². The summed E-state index contributed by atoms with van der Waals surface area (Å²) in [4.78, 5) is 40.3. The van der Waals surface area contributed by atoms with Crippen LogP contribution in [0.3, 0.4) is 0 Å². The smallest absolute Gasteiger partial charge is 0.236 e. The van der Waals surface area contributed by atoms with Gasteiger partial charge in [0.05, 0.1) is 32.0 Å². The van der Waals surface area contributed by atoms with Crippen LogP contribution in [-0.4, -0.2) is 96.0 Å². The molecule has 0 aromatic carbocycles. The molecule has 1 aromatic rings. The van der Waals surface area contributed by atoms with Crippen molar-refractivity contribution in [2.24, 2.45) is 0 Å². The van der Waals surface area contributed by atoms with Crippen molar-refractivity contribution in [3.05, 3.63) is 17.1 Å². The van der Waals surface area contributed by atoms with Gasteiger partial charge in [-0.15, -0.1) is 0 Å². The maximum Gasteiger partial charge on any atom is 0.236 e. The van der Waals surface area contributed by atoms with Crippen LogP contribution in [0.1, 0.15) is 42.8 Å². The van der Waals surface area contributed by atoms with Crippen molar-refractivity contribution in [2.45, 2.75) is 38.6 Å². The van der Waals surface area contributed by atoms with E-state index in [9.17, 15) is 9.59 Å². The first-order chi connectivity index (χ1) is 14.5. The Morgan fingerprint density at radius 3 is 2.67 bits per heavy atom. The molecule has 1 N–H and O–H groups in total. The first-order valence-corrected chi connectivity index (χ1v) is 11.0. The predicted octanol–water partition coefficient (Wildman–Crippen LogP) is 0.461. The van der Waals surface area contributed by atoms with Crippen LogP contribution in [0.15, 0.2) is 0 Å². The number of rotatable bonds is 4. The number of nitrogens with one attached hydrogen (secondary N) is 1. The maximum absolute atomic E-state index is 12.9. The van der Waals surface area contributed by atoms with Gasteiger partial charge in [-0.2, -0.15) is 0 Å². The lowest BCUT2D eigenvalue weighted by Gasteiger charge is -2.35. The molecule has 30 heavy (non-hydrogen) atoms. The summed E-state index contributed by atoms with van der Waals surface area (Å²) < 4.78 is 5.38. The molecule has 0 aliphatic carbocycles. The molecule has 0 saturated carbocycles. The van der Waals surface area contributed by atoms with Gasteiger partial charge in [-0.05, 0) is 12.8 Å². The van der Waals surface area contributed by atoms with Crippen molar-refractivity contribution in [2.75, 3.05) is 64.8 Å². The molecule has 1 aromatic heterocycles. The van der Waals surface area contributed by atoms with Crippen LogP contribution in [0.25, 0.3) is 0 Å². The van der Waals surface area contributed by atoms with E-state index in [0.717, 1.165) is 61.8 Å². The zero-order valence-electron chi connectivity index (χ0n) is 18.0. The van der Waals surface area contributed by atoms with E-state index in [1.165, 1.54) is 0 Å². The zero-order chi connectivity index (χ0) is 21.1. The predicted molar refractivity (Wildman–Crippen MR) is 112 cm³/mol. The second-order valence-corrected chi connectivity index (χ2v) is 8.36. The van der Waals surface area contributed by atoms with Crippen molar-refractivity contribution >= 4 is 17.6 Å². The highest BCUT2D eigenvalue weighted by molar-refractivity contribution is 5.78. The Balaban J connectivity index is 1.47. The third kappa shape index (κ3) is 4.57. The molecular formula is C21H32N6O3. The molecule has 0 unspecified atom stereocenters. The van der Waals surface area contributed by atoms with Crippen molar-refractivity contribution in [3.63, 3.8) is 0 Å². The van der Waals surface area contributed by atoms with Crippen LogP contribution in [0, 0.1) is 0 Å². The fraction of sp³-hybridized carbons (Fsp3) is 0.714. The van der Waals surface area contributed by atoms with Crippen molar-refractivity contribution in [1.29, 1.82) is 0 Å². The fourth-order valence-corrected chi connectivity index (χ4v) is 4.56. The minimum atomic E-state index is 0.0773. The topological polar surface area (TPSA) is 90.9 Å². The number of piperidine rings is 1. The summed E-state index contributed by atoms with van der Waals surface area (Å²) in [5, 5.41) is 3.19. The van der Waals surface area contributed by atoms with Gasteiger partial charge in [-0.3, -0.25) is 14.5 Å². The average molecular weight is 417 g/mol. The van der Waals surface area contributed by atoms with E-state index < -0.39 is 0 Å². The van der Waals surface area contributed by atoms with E-state index in [1.807, 2.05) is 16.8 Å². The molecule has 2 amide bonds. The molecule has 0 spiro atoms. The summed E-state index contributed by atoms with van der Waals surface area (Å²) in [5.74, 6) is 2.03. The second-order valence-electron chi connectivity index (χ2n) is 8.36. The quantitative estimate of drug-likeness (QED) is 0.763. The average Bonchev–Trinajstić information content (AvgIpc) is 2.78. The van der Waals surface area contributed by atoms with Gasteiger partial charge in [0.15, 0.2) is 0 Å². The summed E-state index contributed by atoms with van der Waals surface area (Å²) in [6.07, 6.45) is 2.70. The lowest BCUT2D eigenvalue weighted by molar-refractivity contribution is -0.134.